The molecule has 1 aliphatic carbocycles. The molecule has 2 aromatic rings. The summed E-state index contributed by atoms with van der Waals surface area (Å²) in [6, 6.07) is 13.6. The number of nitrogens with two attached hydrogens (primary N) is 1. The van der Waals surface area contributed by atoms with Gasteiger partial charge in [-0.15, -0.1) is 0 Å². The number of nitrogens with one attached hydrogen (secondary N) is 1. The molecule has 0 aromatic heterocycles. The van der Waals surface area contributed by atoms with Crippen LogP contribution in [-0.2, 0) is 4.79 Å². The number of nitrogens with zero attached hydrogens (tertiary/aromatic N) is 1. The number of carbonyl (C=O) groups excluding carboxylic acids is 1. The largest absolute Gasteiger partial charge is 0.409 e. The van der Waals surface area contributed by atoms with Gasteiger partial charge in [-0.3, -0.25) is 4.79 Å². The number of amides is 1. The number of amidine groups is 1. The van der Waals surface area contributed by atoms with Crippen LogP contribution >= 0.6 is 0 Å². The Balaban J connectivity index is 1.85. The van der Waals surface area contributed by atoms with Crippen LogP contribution in [0.5, 0.6) is 0 Å². The summed E-state index contributed by atoms with van der Waals surface area (Å²) in [5.74, 6) is -0.237. The number of benzene rings is 2. The number of hydrogen-bond acceptors (Lipinski definition) is 3. The molecular weight excluding hydrogens is 254 g/mol. The zero-order valence-electron chi connectivity index (χ0n) is 10.8. The number of carbonyl (C=O) groups is 1. The first-order valence-corrected chi connectivity index (χ1v) is 6.44. The van der Waals surface area contributed by atoms with Crippen molar-refractivity contribution in [2.45, 2.75) is 12.8 Å². The molecule has 0 aliphatic heterocycles. The number of oxime groups is 1. The molecule has 5 heteroatoms. The van der Waals surface area contributed by atoms with E-state index >= 15 is 0 Å². The second-order valence-electron chi connectivity index (χ2n) is 5.08. The second-order valence-corrected chi connectivity index (χ2v) is 5.08. The minimum absolute atomic E-state index is 0.0178. The molecule has 0 bridgehead atoms. The van der Waals surface area contributed by atoms with Crippen LogP contribution in [0.1, 0.15) is 12.8 Å². The molecule has 1 amide bonds. The molecule has 4 N–H and O–H groups in total. The molecule has 3 rings (SSSR count). The first-order valence-electron chi connectivity index (χ1n) is 6.44. The van der Waals surface area contributed by atoms with E-state index in [1.807, 2.05) is 42.5 Å². The first-order chi connectivity index (χ1) is 9.65. The zero-order chi connectivity index (χ0) is 14.2. The van der Waals surface area contributed by atoms with Gasteiger partial charge < -0.3 is 16.3 Å². The highest BCUT2D eigenvalue weighted by Crippen LogP contribution is 2.46. The average molecular weight is 269 g/mol. The Hall–Kier alpha value is -2.56. The van der Waals surface area contributed by atoms with E-state index in [1.165, 1.54) is 0 Å². The number of hydrogen-bond donors (Lipinski definition) is 3. The van der Waals surface area contributed by atoms with Crippen molar-refractivity contribution in [3.8, 4) is 0 Å². The van der Waals surface area contributed by atoms with Crippen LogP contribution in [0.3, 0.4) is 0 Å². The van der Waals surface area contributed by atoms with Gasteiger partial charge in [0.15, 0.2) is 5.84 Å². The number of fused-ring (bicyclic) bond motifs is 1. The Morgan fingerprint density at radius 1 is 1.20 bits per heavy atom. The van der Waals surface area contributed by atoms with Crippen molar-refractivity contribution in [1.29, 1.82) is 0 Å². The lowest BCUT2D eigenvalue weighted by atomic mass is 10.0. The fourth-order valence-electron chi connectivity index (χ4n) is 2.34. The molecular formula is C15H15N3O2. The topological polar surface area (TPSA) is 87.7 Å². The molecule has 102 valence electrons. The average Bonchev–Trinajstić information content (AvgIpc) is 3.28. The summed E-state index contributed by atoms with van der Waals surface area (Å²) in [6.07, 6.45) is 1.23. The lowest BCUT2D eigenvalue weighted by Crippen LogP contribution is -2.36. The van der Waals surface area contributed by atoms with Gasteiger partial charge in [0, 0.05) is 5.69 Å². The maximum Gasteiger partial charge on any atom is 0.238 e. The Bertz CT molecular complexity index is 705. The zero-order valence-corrected chi connectivity index (χ0v) is 10.8. The van der Waals surface area contributed by atoms with Gasteiger partial charge in [0.2, 0.25) is 5.91 Å². The van der Waals surface area contributed by atoms with Crippen LogP contribution in [0.25, 0.3) is 10.8 Å². The monoisotopic (exact) mass is 269 g/mol. The van der Waals surface area contributed by atoms with E-state index in [-0.39, 0.29) is 11.7 Å². The minimum atomic E-state index is -0.833. The third-order valence-electron chi connectivity index (χ3n) is 3.79. The first kappa shape index (κ1) is 12.5. The standard InChI is InChI=1S/C15H15N3O2/c16-13(18-20)15(7-8-15)14(19)17-12-6-5-10-3-1-2-4-11(10)9-12/h1-6,9,20H,7-8H2,(H2,16,18)(H,17,19). The quantitative estimate of drug-likeness (QED) is 0.346. The maximum absolute atomic E-state index is 12.3. The van der Waals surface area contributed by atoms with Crippen LogP contribution in [0.15, 0.2) is 47.6 Å². The van der Waals surface area contributed by atoms with Gasteiger partial charge >= 0.3 is 0 Å². The van der Waals surface area contributed by atoms with Crippen LogP contribution in [0.4, 0.5) is 5.69 Å². The smallest absolute Gasteiger partial charge is 0.238 e. The van der Waals surface area contributed by atoms with Crippen molar-refractivity contribution in [3.05, 3.63) is 42.5 Å². The van der Waals surface area contributed by atoms with E-state index in [2.05, 4.69) is 10.5 Å². The SMILES string of the molecule is N/C(=N/O)C1(C(=O)Nc2ccc3ccccc3c2)CC1. The van der Waals surface area contributed by atoms with Gasteiger partial charge in [0.05, 0.1) is 0 Å². The van der Waals surface area contributed by atoms with Crippen LogP contribution in [-0.4, -0.2) is 17.0 Å². The highest BCUT2D eigenvalue weighted by Gasteiger charge is 2.54. The molecule has 0 radical (unpaired) electrons. The van der Waals surface area contributed by atoms with E-state index in [0.717, 1.165) is 10.8 Å². The van der Waals surface area contributed by atoms with E-state index in [9.17, 15) is 4.79 Å². The van der Waals surface area contributed by atoms with Gasteiger partial charge in [-0.05, 0) is 35.7 Å². The van der Waals surface area contributed by atoms with E-state index in [1.54, 1.807) is 0 Å². The van der Waals surface area contributed by atoms with Crippen LogP contribution in [0, 0.1) is 5.41 Å². The van der Waals surface area contributed by atoms with Crippen LogP contribution in [0.2, 0.25) is 0 Å². The Morgan fingerprint density at radius 2 is 1.90 bits per heavy atom. The predicted octanol–water partition coefficient (Wildman–Crippen LogP) is 2.30. The molecule has 5 nitrogen and oxygen atoms in total. The molecule has 1 aliphatic rings. The van der Waals surface area contributed by atoms with Crippen molar-refractivity contribution in [2.75, 3.05) is 5.32 Å². The van der Waals surface area contributed by atoms with Crippen molar-refractivity contribution >= 4 is 28.2 Å². The summed E-state index contributed by atoms with van der Waals surface area (Å²) in [7, 11) is 0. The Labute approximate surface area is 116 Å². The second kappa shape index (κ2) is 4.52. The molecule has 1 fully saturated rings. The normalized spacial score (nSPS) is 16.9. The third-order valence-corrected chi connectivity index (χ3v) is 3.79. The van der Waals surface area contributed by atoms with Gasteiger partial charge in [-0.2, -0.15) is 0 Å². The Morgan fingerprint density at radius 3 is 2.55 bits per heavy atom. The van der Waals surface area contributed by atoms with Crippen LogP contribution < -0.4 is 11.1 Å². The van der Waals surface area contributed by atoms with Crippen molar-refractivity contribution in [1.82, 2.24) is 0 Å². The summed E-state index contributed by atoms with van der Waals surface area (Å²) < 4.78 is 0. The lowest BCUT2D eigenvalue weighted by molar-refractivity contribution is -0.119. The molecule has 0 unspecified atom stereocenters. The van der Waals surface area contributed by atoms with Gasteiger partial charge in [-0.25, -0.2) is 0 Å². The molecule has 0 heterocycles. The Kier molecular flexibility index (Phi) is 2.82. The molecule has 1 saturated carbocycles. The predicted molar refractivity (Wildman–Crippen MR) is 77.7 cm³/mol. The number of anilines is 1. The lowest BCUT2D eigenvalue weighted by Gasteiger charge is -2.14. The fraction of sp³-hybridized carbons (Fsp3) is 0.200. The highest BCUT2D eigenvalue weighted by molar-refractivity contribution is 6.14. The summed E-state index contributed by atoms with van der Waals surface area (Å²) in [5.41, 5.74) is 5.48. The number of rotatable bonds is 3. The maximum atomic E-state index is 12.3. The molecule has 2 aromatic carbocycles. The highest BCUT2D eigenvalue weighted by atomic mass is 16.4. The summed E-state index contributed by atoms with van der Waals surface area (Å²) >= 11 is 0. The summed E-state index contributed by atoms with van der Waals surface area (Å²) in [5, 5.41) is 16.7. The molecule has 20 heavy (non-hydrogen) atoms. The van der Waals surface area contributed by atoms with Gasteiger partial charge in [0.25, 0.3) is 0 Å². The van der Waals surface area contributed by atoms with Crippen molar-refractivity contribution in [2.24, 2.45) is 16.3 Å². The van der Waals surface area contributed by atoms with Crippen molar-refractivity contribution < 1.29 is 10.0 Å². The fourth-order valence-corrected chi connectivity index (χ4v) is 2.34. The molecule has 0 saturated heterocycles. The molecule has 0 atom stereocenters. The van der Waals surface area contributed by atoms with Gasteiger partial charge in [0.1, 0.15) is 5.41 Å². The summed E-state index contributed by atoms with van der Waals surface area (Å²) in [6.45, 7) is 0. The van der Waals surface area contributed by atoms with Crippen molar-refractivity contribution in [3.63, 3.8) is 0 Å². The third kappa shape index (κ3) is 1.97. The molecule has 0 spiro atoms. The summed E-state index contributed by atoms with van der Waals surface area (Å²) in [4.78, 5) is 12.3. The van der Waals surface area contributed by atoms with Gasteiger partial charge in [-0.1, -0.05) is 35.5 Å². The van der Waals surface area contributed by atoms with E-state index in [4.69, 9.17) is 10.9 Å². The minimum Gasteiger partial charge on any atom is -0.409 e. The van der Waals surface area contributed by atoms with E-state index in [0.29, 0.717) is 18.5 Å². The van der Waals surface area contributed by atoms with E-state index < -0.39 is 5.41 Å².